The van der Waals surface area contributed by atoms with Gasteiger partial charge in [0.1, 0.15) is 6.04 Å². The van der Waals surface area contributed by atoms with Crippen LogP contribution in [0.5, 0.6) is 0 Å². The molecular formula is C13H16ClN3O3S. The van der Waals surface area contributed by atoms with Crippen molar-refractivity contribution in [1.29, 1.82) is 0 Å². The zero-order chi connectivity index (χ0) is 15.4. The van der Waals surface area contributed by atoms with Gasteiger partial charge in [-0.25, -0.2) is 14.8 Å². The minimum Gasteiger partial charge on any atom is -0.464 e. The Labute approximate surface area is 132 Å². The molecule has 0 spiro atoms. The highest BCUT2D eigenvalue weighted by Gasteiger charge is 2.36. The number of hydrogen-bond acceptors (Lipinski definition) is 6. The first-order chi connectivity index (χ1) is 10.1. The molecule has 1 amide bonds. The van der Waals surface area contributed by atoms with Crippen LogP contribution in [-0.2, 0) is 9.53 Å². The summed E-state index contributed by atoms with van der Waals surface area (Å²) in [6, 6.07) is -0.554. The second kappa shape index (κ2) is 7.09. The van der Waals surface area contributed by atoms with Gasteiger partial charge in [0.2, 0.25) is 0 Å². The molecule has 8 heteroatoms. The molecule has 21 heavy (non-hydrogen) atoms. The zero-order valence-corrected chi connectivity index (χ0v) is 13.4. The van der Waals surface area contributed by atoms with E-state index < -0.39 is 6.04 Å². The Morgan fingerprint density at radius 1 is 1.57 bits per heavy atom. The van der Waals surface area contributed by atoms with Gasteiger partial charge in [-0.3, -0.25) is 4.79 Å². The highest BCUT2D eigenvalue weighted by Crippen LogP contribution is 2.24. The Balaban J connectivity index is 2.24. The van der Waals surface area contributed by atoms with Gasteiger partial charge < -0.3 is 9.64 Å². The minimum absolute atomic E-state index is 0.132. The maximum absolute atomic E-state index is 12.6. The second-order valence-electron chi connectivity index (χ2n) is 4.46. The Morgan fingerprint density at radius 3 is 3.00 bits per heavy atom. The number of rotatable bonds is 4. The lowest BCUT2D eigenvalue weighted by atomic mass is 10.2. The summed E-state index contributed by atoms with van der Waals surface area (Å²) in [6.45, 7) is 2.53. The predicted molar refractivity (Wildman–Crippen MR) is 79.5 cm³/mol. The van der Waals surface area contributed by atoms with E-state index in [0.29, 0.717) is 24.7 Å². The lowest BCUT2D eigenvalue weighted by Crippen LogP contribution is -2.41. The van der Waals surface area contributed by atoms with E-state index in [2.05, 4.69) is 9.97 Å². The fourth-order valence-electron chi connectivity index (χ4n) is 2.23. The number of nitrogens with zero attached hydrogens (tertiary/aromatic N) is 3. The molecule has 2 rings (SSSR count). The largest absolute Gasteiger partial charge is 0.464 e. The number of aromatic nitrogens is 2. The van der Waals surface area contributed by atoms with Gasteiger partial charge in [-0.05, 0) is 26.0 Å². The number of halogens is 1. The number of amides is 1. The number of hydrogen-bond donors (Lipinski definition) is 0. The topological polar surface area (TPSA) is 72.4 Å². The maximum Gasteiger partial charge on any atom is 0.328 e. The molecule has 2 heterocycles. The highest BCUT2D eigenvalue weighted by molar-refractivity contribution is 7.98. The molecule has 1 saturated heterocycles. The van der Waals surface area contributed by atoms with E-state index in [1.54, 1.807) is 6.92 Å². The van der Waals surface area contributed by atoms with Gasteiger partial charge in [0.15, 0.2) is 10.9 Å². The van der Waals surface area contributed by atoms with E-state index in [9.17, 15) is 9.59 Å². The van der Waals surface area contributed by atoms with Crippen molar-refractivity contribution in [3.8, 4) is 0 Å². The molecule has 1 aliphatic rings. The lowest BCUT2D eigenvalue weighted by Gasteiger charge is -2.23. The van der Waals surface area contributed by atoms with Crippen molar-refractivity contribution in [3.05, 3.63) is 16.9 Å². The molecule has 0 radical (unpaired) electrons. The van der Waals surface area contributed by atoms with Crippen LogP contribution in [0.4, 0.5) is 0 Å². The summed E-state index contributed by atoms with van der Waals surface area (Å²) in [6.07, 6.45) is 4.58. The quantitative estimate of drug-likeness (QED) is 0.478. The number of thioether (sulfide) groups is 1. The molecule has 1 aromatic heterocycles. The van der Waals surface area contributed by atoms with Crippen molar-refractivity contribution in [2.75, 3.05) is 19.4 Å². The van der Waals surface area contributed by atoms with Crippen molar-refractivity contribution in [2.45, 2.75) is 31.0 Å². The summed E-state index contributed by atoms with van der Waals surface area (Å²) in [4.78, 5) is 34.1. The van der Waals surface area contributed by atoms with Crippen LogP contribution >= 0.6 is 23.4 Å². The van der Waals surface area contributed by atoms with Crippen LogP contribution in [0.25, 0.3) is 0 Å². The first-order valence-corrected chi connectivity index (χ1v) is 8.22. The molecule has 0 N–H and O–H groups in total. The molecule has 0 aliphatic carbocycles. The normalized spacial score (nSPS) is 17.9. The predicted octanol–water partition coefficient (Wildman–Crippen LogP) is 2.02. The fourth-order valence-corrected chi connectivity index (χ4v) is 2.74. The summed E-state index contributed by atoms with van der Waals surface area (Å²) >= 11 is 7.34. The Kier molecular flexibility index (Phi) is 5.41. The first kappa shape index (κ1) is 16.0. The van der Waals surface area contributed by atoms with Crippen LogP contribution in [0.1, 0.15) is 30.3 Å². The molecule has 0 aromatic carbocycles. The van der Waals surface area contributed by atoms with Crippen LogP contribution in [0.3, 0.4) is 0 Å². The highest BCUT2D eigenvalue weighted by atomic mass is 35.5. The van der Waals surface area contributed by atoms with Crippen molar-refractivity contribution in [2.24, 2.45) is 0 Å². The molecule has 114 valence electrons. The molecule has 0 saturated carbocycles. The summed E-state index contributed by atoms with van der Waals surface area (Å²) in [5, 5.41) is 0.655. The van der Waals surface area contributed by atoms with Crippen molar-refractivity contribution in [1.82, 2.24) is 14.9 Å². The Morgan fingerprint density at radius 2 is 2.33 bits per heavy atom. The number of carbonyl (C=O) groups excluding carboxylic acids is 2. The Bertz CT molecular complexity index is 555. The van der Waals surface area contributed by atoms with Crippen LogP contribution in [0.2, 0.25) is 5.02 Å². The number of esters is 1. The molecule has 1 unspecified atom stereocenters. The van der Waals surface area contributed by atoms with E-state index in [0.717, 1.165) is 6.42 Å². The van der Waals surface area contributed by atoms with Crippen LogP contribution < -0.4 is 0 Å². The third-order valence-electron chi connectivity index (χ3n) is 3.18. The third-order valence-corrected chi connectivity index (χ3v) is 4.02. The molecular weight excluding hydrogens is 314 g/mol. The zero-order valence-electron chi connectivity index (χ0n) is 11.8. The smallest absolute Gasteiger partial charge is 0.328 e. The van der Waals surface area contributed by atoms with Crippen molar-refractivity contribution < 1.29 is 14.3 Å². The van der Waals surface area contributed by atoms with E-state index in [1.165, 1.54) is 22.9 Å². The average Bonchev–Trinajstić information content (AvgIpc) is 2.97. The van der Waals surface area contributed by atoms with Crippen LogP contribution in [-0.4, -0.2) is 52.2 Å². The Hall–Kier alpha value is -1.34. The number of ether oxygens (including phenoxy) is 1. The molecule has 1 fully saturated rings. The van der Waals surface area contributed by atoms with Gasteiger partial charge >= 0.3 is 5.97 Å². The number of carbonyl (C=O) groups is 2. The molecule has 1 aromatic rings. The molecule has 1 aliphatic heterocycles. The van der Waals surface area contributed by atoms with Gasteiger partial charge in [0.25, 0.3) is 5.91 Å². The van der Waals surface area contributed by atoms with E-state index in [1.807, 2.05) is 6.26 Å². The second-order valence-corrected chi connectivity index (χ2v) is 5.64. The van der Waals surface area contributed by atoms with Gasteiger partial charge in [0, 0.05) is 6.54 Å². The monoisotopic (exact) mass is 329 g/mol. The average molecular weight is 330 g/mol. The van der Waals surface area contributed by atoms with Crippen molar-refractivity contribution in [3.63, 3.8) is 0 Å². The summed E-state index contributed by atoms with van der Waals surface area (Å²) in [5.41, 5.74) is 0.132. The fraction of sp³-hybridized carbons (Fsp3) is 0.538. The standard InChI is InChI=1S/C13H16ClN3O3S/c1-3-20-12(19)9-5-4-6-17(9)11(18)10-8(14)7-15-13(16-10)21-2/h7,9H,3-6H2,1-2H3. The summed E-state index contributed by atoms with van der Waals surface area (Å²) in [7, 11) is 0. The van der Waals surface area contributed by atoms with Crippen LogP contribution in [0.15, 0.2) is 11.4 Å². The van der Waals surface area contributed by atoms with E-state index in [4.69, 9.17) is 16.3 Å². The molecule has 1 atom stereocenters. The summed E-state index contributed by atoms with van der Waals surface area (Å²) < 4.78 is 5.01. The SMILES string of the molecule is CCOC(=O)C1CCCN1C(=O)c1nc(SC)ncc1Cl. The minimum atomic E-state index is -0.554. The first-order valence-electron chi connectivity index (χ1n) is 6.62. The third kappa shape index (κ3) is 3.47. The van der Waals surface area contributed by atoms with Gasteiger partial charge in [0.05, 0.1) is 17.8 Å². The summed E-state index contributed by atoms with van der Waals surface area (Å²) in [5.74, 6) is -0.730. The van der Waals surface area contributed by atoms with Gasteiger partial charge in [-0.15, -0.1) is 0 Å². The van der Waals surface area contributed by atoms with Crippen molar-refractivity contribution >= 4 is 35.2 Å². The van der Waals surface area contributed by atoms with Gasteiger partial charge in [-0.1, -0.05) is 23.4 Å². The van der Waals surface area contributed by atoms with Gasteiger partial charge in [-0.2, -0.15) is 0 Å². The molecule has 6 nitrogen and oxygen atoms in total. The van der Waals surface area contributed by atoms with Crippen LogP contribution in [0, 0.1) is 0 Å². The van der Waals surface area contributed by atoms with E-state index in [-0.39, 0.29) is 22.6 Å². The van der Waals surface area contributed by atoms with E-state index >= 15 is 0 Å². The lowest BCUT2D eigenvalue weighted by molar-refractivity contribution is -0.147. The molecule has 0 bridgehead atoms. The number of likely N-dealkylation sites (tertiary alicyclic amines) is 1. The maximum atomic E-state index is 12.6.